The number of ether oxygens (including phenoxy) is 2. The number of Topliss-reactive ketones (excluding diaryl/α,β-unsaturated/α-hetero) is 1. The number of aromatic nitrogens is 2. The molecule has 5 rings (SSSR count). The van der Waals surface area contributed by atoms with Crippen molar-refractivity contribution in [1.29, 1.82) is 0 Å². The van der Waals surface area contributed by atoms with Gasteiger partial charge in [-0.1, -0.05) is 11.3 Å². The van der Waals surface area contributed by atoms with Gasteiger partial charge < -0.3 is 14.4 Å². The smallest absolute Gasteiger partial charge is 0.186 e. The topological polar surface area (TPSA) is 64.5 Å². The Balaban J connectivity index is 1.89. The highest BCUT2D eigenvalue weighted by Gasteiger charge is 2.32. The van der Waals surface area contributed by atoms with Crippen molar-refractivity contribution in [2.45, 2.75) is 72.6 Å². The molecule has 0 N–H and O–H groups in total. The Morgan fingerprint density at radius 1 is 1.22 bits per heavy atom. The minimum atomic E-state index is -0.713. The van der Waals surface area contributed by atoms with Gasteiger partial charge in [-0.25, -0.2) is 4.98 Å². The summed E-state index contributed by atoms with van der Waals surface area (Å²) in [4.78, 5) is 25.2. The summed E-state index contributed by atoms with van der Waals surface area (Å²) in [6.07, 6.45) is 2.01. The van der Waals surface area contributed by atoms with Crippen molar-refractivity contribution in [3.8, 4) is 16.9 Å². The second-order valence-corrected chi connectivity index (χ2v) is 12.1. The summed E-state index contributed by atoms with van der Waals surface area (Å²) in [5.74, 6) is 0.832. The molecule has 1 aliphatic heterocycles. The van der Waals surface area contributed by atoms with Gasteiger partial charge in [0.2, 0.25) is 0 Å². The van der Waals surface area contributed by atoms with Gasteiger partial charge in [-0.05, 0) is 83.9 Å². The van der Waals surface area contributed by atoms with Crippen LogP contribution < -0.4 is 9.64 Å². The molecule has 3 heterocycles. The van der Waals surface area contributed by atoms with Crippen LogP contribution in [0.5, 0.6) is 5.75 Å². The van der Waals surface area contributed by atoms with E-state index < -0.39 is 11.7 Å². The van der Waals surface area contributed by atoms with Crippen LogP contribution >= 0.6 is 11.3 Å². The number of ketones is 1. The molecule has 0 saturated heterocycles. The summed E-state index contributed by atoms with van der Waals surface area (Å²) in [5, 5.41) is 1.99. The third-order valence-electron chi connectivity index (χ3n) is 6.93. The summed E-state index contributed by atoms with van der Waals surface area (Å²) in [5.41, 5.74) is 6.34. The average molecular weight is 518 g/mol. The number of hydrogen-bond donors (Lipinski definition) is 0. The zero-order valence-electron chi connectivity index (χ0n) is 22.9. The zero-order valence-corrected chi connectivity index (χ0v) is 23.7. The molecule has 0 spiro atoms. The van der Waals surface area contributed by atoms with E-state index in [9.17, 15) is 4.79 Å². The fourth-order valence-electron chi connectivity index (χ4n) is 4.98. The molecule has 0 fully saturated rings. The van der Waals surface area contributed by atoms with Gasteiger partial charge in [0.25, 0.3) is 0 Å². The standard InChI is InChI=1S/C30H35N3O3S/c1-16(2)33(8)29-32-21-15-17(3)23(27(18(4)34)36-30(5,6)7)25(28(21)37-29)20-9-10-22-24-19(12-14-35-22)11-13-31-26(20)24/h9-11,13,15-16,27H,12,14H2,1-8H3/t27-/m1/s1. The van der Waals surface area contributed by atoms with Crippen LogP contribution in [0.4, 0.5) is 5.13 Å². The minimum Gasteiger partial charge on any atom is -0.493 e. The van der Waals surface area contributed by atoms with E-state index in [0.29, 0.717) is 12.6 Å². The van der Waals surface area contributed by atoms with Crippen molar-refractivity contribution in [2.24, 2.45) is 0 Å². The molecule has 1 aliphatic rings. The SMILES string of the molecule is CC(=O)[C@@H](OC(C)(C)C)c1c(C)cc2nc(N(C)C(C)C)sc2c1-c1ccc2c3c(ccnc13)CCO2. The van der Waals surface area contributed by atoms with Gasteiger partial charge in [0.05, 0.1) is 27.9 Å². The summed E-state index contributed by atoms with van der Waals surface area (Å²) in [7, 11) is 2.07. The molecule has 2 aromatic heterocycles. The lowest BCUT2D eigenvalue weighted by Crippen LogP contribution is -2.27. The van der Waals surface area contributed by atoms with Crippen LogP contribution in [-0.2, 0) is 16.0 Å². The number of aryl methyl sites for hydroxylation is 1. The zero-order chi connectivity index (χ0) is 26.6. The maximum Gasteiger partial charge on any atom is 0.186 e. The molecule has 0 bridgehead atoms. The highest BCUT2D eigenvalue weighted by atomic mass is 32.1. The van der Waals surface area contributed by atoms with Crippen molar-refractivity contribution in [2.75, 3.05) is 18.6 Å². The molecule has 4 aromatic rings. The highest BCUT2D eigenvalue weighted by Crippen LogP contribution is 2.47. The van der Waals surface area contributed by atoms with Crippen LogP contribution in [0.2, 0.25) is 0 Å². The lowest BCUT2D eigenvalue weighted by Gasteiger charge is -2.29. The van der Waals surface area contributed by atoms with Crippen molar-refractivity contribution in [3.05, 3.63) is 47.2 Å². The number of anilines is 1. The lowest BCUT2D eigenvalue weighted by molar-refractivity contribution is -0.138. The highest BCUT2D eigenvalue weighted by molar-refractivity contribution is 7.22. The molecule has 0 saturated carbocycles. The van der Waals surface area contributed by atoms with E-state index in [1.54, 1.807) is 18.3 Å². The molecule has 6 nitrogen and oxygen atoms in total. The number of benzene rings is 2. The van der Waals surface area contributed by atoms with Gasteiger partial charge in [0.15, 0.2) is 10.9 Å². The van der Waals surface area contributed by atoms with E-state index in [4.69, 9.17) is 19.4 Å². The van der Waals surface area contributed by atoms with Crippen LogP contribution in [-0.4, -0.2) is 41.0 Å². The molecule has 0 radical (unpaired) electrons. The molecule has 2 aromatic carbocycles. The largest absolute Gasteiger partial charge is 0.493 e. The van der Waals surface area contributed by atoms with E-state index in [1.165, 1.54) is 5.56 Å². The van der Waals surface area contributed by atoms with E-state index in [1.807, 2.05) is 40.0 Å². The van der Waals surface area contributed by atoms with Gasteiger partial charge in [0.1, 0.15) is 11.9 Å². The number of pyridine rings is 1. The monoisotopic (exact) mass is 517 g/mol. The van der Waals surface area contributed by atoms with Crippen LogP contribution in [0.1, 0.15) is 64.3 Å². The lowest BCUT2D eigenvalue weighted by atomic mass is 9.88. The quantitative estimate of drug-likeness (QED) is 0.273. The molecule has 194 valence electrons. The van der Waals surface area contributed by atoms with E-state index in [2.05, 4.69) is 44.0 Å². The summed E-state index contributed by atoms with van der Waals surface area (Å²) < 4.78 is 13.5. The third kappa shape index (κ3) is 4.59. The van der Waals surface area contributed by atoms with Crippen molar-refractivity contribution in [1.82, 2.24) is 9.97 Å². The first kappa shape index (κ1) is 25.6. The second-order valence-electron chi connectivity index (χ2n) is 11.2. The normalized spacial score (nSPS) is 14.3. The van der Waals surface area contributed by atoms with Gasteiger partial charge in [-0.15, -0.1) is 0 Å². The van der Waals surface area contributed by atoms with Gasteiger partial charge in [-0.3, -0.25) is 9.78 Å². The maximum absolute atomic E-state index is 13.1. The van der Waals surface area contributed by atoms with Crippen molar-refractivity contribution >= 4 is 43.4 Å². The van der Waals surface area contributed by atoms with Crippen LogP contribution in [0, 0.1) is 6.92 Å². The number of thiazole rings is 1. The Labute approximate surface area is 222 Å². The number of hydrogen-bond acceptors (Lipinski definition) is 7. The van der Waals surface area contributed by atoms with Gasteiger partial charge in [-0.2, -0.15) is 0 Å². The third-order valence-corrected chi connectivity index (χ3v) is 8.11. The second kappa shape index (κ2) is 9.37. The molecule has 7 heteroatoms. The first-order chi connectivity index (χ1) is 17.5. The molecule has 37 heavy (non-hydrogen) atoms. The molecular formula is C30H35N3O3S. The maximum atomic E-state index is 13.1. The average Bonchev–Trinajstić information content (AvgIpc) is 3.25. The molecule has 1 atom stereocenters. The van der Waals surface area contributed by atoms with Crippen LogP contribution in [0.15, 0.2) is 30.5 Å². The van der Waals surface area contributed by atoms with Crippen molar-refractivity contribution < 1.29 is 14.3 Å². The molecule has 0 unspecified atom stereocenters. The van der Waals surface area contributed by atoms with Gasteiger partial charge in [0, 0.05) is 47.8 Å². The molecule has 0 aliphatic carbocycles. The number of carbonyl (C=O) groups excluding carboxylic acids is 1. The fraction of sp³-hybridized carbons (Fsp3) is 0.433. The van der Waals surface area contributed by atoms with Gasteiger partial charge >= 0.3 is 0 Å². The summed E-state index contributed by atoms with van der Waals surface area (Å²) >= 11 is 1.65. The number of carbonyl (C=O) groups is 1. The Bertz CT molecular complexity index is 1510. The van der Waals surface area contributed by atoms with Crippen LogP contribution in [0.3, 0.4) is 0 Å². The Hall–Kier alpha value is -3.03. The van der Waals surface area contributed by atoms with E-state index in [-0.39, 0.29) is 5.78 Å². The Morgan fingerprint density at radius 3 is 2.65 bits per heavy atom. The number of rotatable bonds is 6. The summed E-state index contributed by atoms with van der Waals surface area (Å²) in [6.45, 7) is 14.6. The Morgan fingerprint density at radius 2 is 1.97 bits per heavy atom. The van der Waals surface area contributed by atoms with E-state index in [0.717, 1.165) is 60.7 Å². The van der Waals surface area contributed by atoms with E-state index >= 15 is 0 Å². The van der Waals surface area contributed by atoms with Crippen LogP contribution in [0.25, 0.3) is 32.2 Å². The predicted molar refractivity (Wildman–Crippen MR) is 152 cm³/mol. The number of fused-ring (bicyclic) bond motifs is 1. The summed E-state index contributed by atoms with van der Waals surface area (Å²) in [6, 6.07) is 8.59. The number of nitrogens with zero attached hydrogens (tertiary/aromatic N) is 3. The molecule has 0 amide bonds. The minimum absolute atomic E-state index is 0.0262. The fourth-order valence-corrected chi connectivity index (χ4v) is 6.19. The Kier molecular flexibility index (Phi) is 6.49. The first-order valence-electron chi connectivity index (χ1n) is 12.8. The molecular weight excluding hydrogens is 482 g/mol. The predicted octanol–water partition coefficient (Wildman–Crippen LogP) is 7.04. The first-order valence-corrected chi connectivity index (χ1v) is 13.7. The van der Waals surface area contributed by atoms with Crippen molar-refractivity contribution in [3.63, 3.8) is 0 Å².